The van der Waals surface area contributed by atoms with Gasteiger partial charge in [-0.25, -0.2) is 0 Å². The molecule has 0 fully saturated rings. The Balaban J connectivity index is 3.47. The molecule has 0 aliphatic carbocycles. The van der Waals surface area contributed by atoms with E-state index in [1.165, 1.54) is 0 Å². The van der Waals surface area contributed by atoms with Crippen LogP contribution >= 0.6 is 0 Å². The quantitative estimate of drug-likeness (QED) is 0.388. The van der Waals surface area contributed by atoms with Crippen LogP contribution in [0.3, 0.4) is 0 Å². The van der Waals surface area contributed by atoms with Gasteiger partial charge in [-0.1, -0.05) is 6.58 Å². The molecule has 0 atom stereocenters. The average molecular weight is 315 g/mol. The average Bonchev–Trinajstić information content (AvgIpc) is 2.38. The Kier molecular flexibility index (Phi) is 3.95. The molecule has 0 radical (unpaired) electrons. The van der Waals surface area contributed by atoms with E-state index in [0.29, 0.717) is 6.07 Å². The molecule has 0 amide bonds. The number of alkyl halides is 6. The number of nitro benzene ring substituents is 1. The number of nitrogens with zero attached hydrogens (tertiary/aromatic N) is 1. The van der Waals surface area contributed by atoms with Crippen LogP contribution in [0, 0.1) is 10.1 Å². The molecular formula is C11H7F6NO3. The number of phenolic OH excluding ortho intramolecular Hbond substituents is 1. The molecule has 0 saturated heterocycles. The summed E-state index contributed by atoms with van der Waals surface area (Å²) in [6.45, 7) is 2.35. The third kappa shape index (κ3) is 2.52. The van der Waals surface area contributed by atoms with Crippen molar-refractivity contribution in [1.29, 1.82) is 0 Å². The van der Waals surface area contributed by atoms with Gasteiger partial charge < -0.3 is 5.11 Å². The molecule has 0 saturated carbocycles. The summed E-state index contributed by atoms with van der Waals surface area (Å²) in [5, 5.41) is 19.5. The van der Waals surface area contributed by atoms with Crippen LogP contribution < -0.4 is 0 Å². The van der Waals surface area contributed by atoms with Crippen LogP contribution in [0.25, 0.3) is 0 Å². The molecule has 1 rings (SSSR count). The standard InChI is InChI=1S/C11H7F6NO3/c1-2-9(12,13)11(16,17)10(14,15)6-3-4-8(19)7(5-6)18(20)21/h2-5,19H,1H2. The van der Waals surface area contributed by atoms with Gasteiger partial charge in [-0.05, 0) is 18.2 Å². The summed E-state index contributed by atoms with van der Waals surface area (Å²) in [5.41, 5.74) is -3.05. The SMILES string of the molecule is C=CC(F)(F)C(F)(F)C(F)(F)c1ccc(O)c([N+](=O)[O-])c1. The summed E-state index contributed by atoms with van der Waals surface area (Å²) in [4.78, 5) is 9.13. The van der Waals surface area contributed by atoms with Crippen molar-refractivity contribution < 1.29 is 36.4 Å². The monoisotopic (exact) mass is 315 g/mol. The molecule has 1 N–H and O–H groups in total. The lowest BCUT2D eigenvalue weighted by molar-refractivity contribution is -0.386. The zero-order valence-corrected chi connectivity index (χ0v) is 10.00. The summed E-state index contributed by atoms with van der Waals surface area (Å²) in [6.07, 6.45) is -0.643. The lowest BCUT2D eigenvalue weighted by Crippen LogP contribution is -2.51. The second kappa shape index (κ2) is 4.93. The zero-order chi connectivity index (χ0) is 16.6. The number of aromatic hydroxyl groups is 1. The minimum atomic E-state index is -5.87. The van der Waals surface area contributed by atoms with Gasteiger partial charge in [0.2, 0.25) is 0 Å². The van der Waals surface area contributed by atoms with Crippen molar-refractivity contribution in [2.45, 2.75) is 17.8 Å². The highest BCUT2D eigenvalue weighted by Gasteiger charge is 2.71. The van der Waals surface area contributed by atoms with Crippen LogP contribution in [0.1, 0.15) is 5.56 Å². The molecule has 4 nitrogen and oxygen atoms in total. The third-order valence-corrected chi connectivity index (χ3v) is 2.60. The number of halogens is 6. The van der Waals surface area contributed by atoms with Gasteiger partial charge in [0.25, 0.3) is 0 Å². The van der Waals surface area contributed by atoms with Gasteiger partial charge in [0, 0.05) is 11.6 Å². The van der Waals surface area contributed by atoms with Crippen LogP contribution in [0.2, 0.25) is 0 Å². The highest BCUT2D eigenvalue weighted by molar-refractivity contribution is 5.49. The third-order valence-electron chi connectivity index (χ3n) is 2.60. The highest BCUT2D eigenvalue weighted by atomic mass is 19.3. The predicted molar refractivity (Wildman–Crippen MR) is 58.7 cm³/mol. The second-order valence-corrected chi connectivity index (χ2v) is 3.94. The van der Waals surface area contributed by atoms with Crippen molar-refractivity contribution >= 4 is 5.69 Å². The number of nitro groups is 1. The van der Waals surface area contributed by atoms with Crippen LogP contribution in [0.15, 0.2) is 30.9 Å². The fourth-order valence-electron chi connectivity index (χ4n) is 1.38. The van der Waals surface area contributed by atoms with E-state index in [1.807, 2.05) is 0 Å². The molecule has 0 aliphatic heterocycles. The van der Waals surface area contributed by atoms with Crippen molar-refractivity contribution in [3.8, 4) is 5.75 Å². The fraction of sp³-hybridized carbons (Fsp3) is 0.273. The van der Waals surface area contributed by atoms with Gasteiger partial charge in [-0.2, -0.15) is 26.3 Å². The Hall–Kier alpha value is -2.26. The first-order valence-corrected chi connectivity index (χ1v) is 5.13. The zero-order valence-electron chi connectivity index (χ0n) is 10.00. The smallest absolute Gasteiger partial charge is 0.380 e. The molecule has 0 aromatic heterocycles. The molecule has 1 aromatic carbocycles. The summed E-state index contributed by atoms with van der Waals surface area (Å²) in [6, 6.07) is 0.432. The van der Waals surface area contributed by atoms with Crippen molar-refractivity contribution in [2.75, 3.05) is 0 Å². The number of benzene rings is 1. The van der Waals surface area contributed by atoms with Crippen LogP contribution in [-0.4, -0.2) is 21.9 Å². The first-order chi connectivity index (χ1) is 9.38. The van der Waals surface area contributed by atoms with Gasteiger partial charge in [0.15, 0.2) is 5.75 Å². The molecule has 0 spiro atoms. The van der Waals surface area contributed by atoms with Crippen molar-refractivity contribution in [3.63, 3.8) is 0 Å². The maximum atomic E-state index is 13.6. The van der Waals surface area contributed by atoms with Crippen LogP contribution in [0.4, 0.5) is 32.0 Å². The molecule has 10 heteroatoms. The van der Waals surface area contributed by atoms with Crippen LogP contribution in [-0.2, 0) is 5.92 Å². The van der Waals surface area contributed by atoms with Crippen molar-refractivity contribution in [1.82, 2.24) is 0 Å². The van der Waals surface area contributed by atoms with E-state index < -0.39 is 45.8 Å². The fourth-order valence-corrected chi connectivity index (χ4v) is 1.38. The van der Waals surface area contributed by atoms with Gasteiger partial charge in [-0.3, -0.25) is 10.1 Å². The summed E-state index contributed by atoms with van der Waals surface area (Å²) in [7, 11) is 0. The van der Waals surface area contributed by atoms with E-state index in [4.69, 9.17) is 5.11 Å². The van der Waals surface area contributed by atoms with E-state index in [1.54, 1.807) is 0 Å². The molecule has 0 unspecified atom stereocenters. The first-order valence-electron chi connectivity index (χ1n) is 5.13. The largest absolute Gasteiger partial charge is 0.502 e. The summed E-state index contributed by atoms with van der Waals surface area (Å²) < 4.78 is 79.6. The number of rotatable bonds is 5. The molecule has 0 aliphatic rings. The minimum Gasteiger partial charge on any atom is -0.502 e. The molecule has 0 heterocycles. The van der Waals surface area contributed by atoms with Crippen LogP contribution in [0.5, 0.6) is 5.75 Å². The number of phenols is 1. The predicted octanol–water partition coefficient (Wildman–Crippen LogP) is 3.85. The lowest BCUT2D eigenvalue weighted by Gasteiger charge is -2.31. The maximum absolute atomic E-state index is 13.6. The normalized spacial score (nSPS) is 13.0. The van der Waals surface area contributed by atoms with Crippen molar-refractivity contribution in [2.24, 2.45) is 0 Å². The van der Waals surface area contributed by atoms with E-state index in [9.17, 15) is 36.5 Å². The van der Waals surface area contributed by atoms with Gasteiger partial charge >= 0.3 is 23.5 Å². The molecular weight excluding hydrogens is 308 g/mol. The Morgan fingerprint density at radius 2 is 1.71 bits per heavy atom. The van der Waals surface area contributed by atoms with Gasteiger partial charge in [0.1, 0.15) is 0 Å². The Labute approximate surface area is 113 Å². The van der Waals surface area contributed by atoms with Gasteiger partial charge in [0.05, 0.1) is 4.92 Å². The van der Waals surface area contributed by atoms with E-state index in [0.717, 1.165) is 0 Å². The maximum Gasteiger partial charge on any atom is 0.380 e. The summed E-state index contributed by atoms with van der Waals surface area (Å²) in [5.74, 6) is -17.6. The van der Waals surface area contributed by atoms with Crippen molar-refractivity contribution in [3.05, 3.63) is 46.5 Å². The van der Waals surface area contributed by atoms with E-state index in [-0.39, 0.29) is 12.1 Å². The lowest BCUT2D eigenvalue weighted by atomic mass is 9.96. The van der Waals surface area contributed by atoms with Gasteiger partial charge in [-0.15, -0.1) is 0 Å². The number of hydrogen-bond acceptors (Lipinski definition) is 3. The Morgan fingerprint density at radius 1 is 1.19 bits per heavy atom. The second-order valence-electron chi connectivity index (χ2n) is 3.94. The Morgan fingerprint density at radius 3 is 2.14 bits per heavy atom. The molecule has 0 bridgehead atoms. The highest BCUT2D eigenvalue weighted by Crippen LogP contribution is 2.52. The topological polar surface area (TPSA) is 63.4 Å². The minimum absolute atomic E-state index is 0.0948. The number of allylic oxidation sites excluding steroid dienone is 1. The van der Waals surface area contributed by atoms with E-state index in [2.05, 4.69) is 6.58 Å². The molecule has 116 valence electrons. The molecule has 1 aromatic rings. The Bertz CT molecular complexity index is 587. The number of hydrogen-bond donors (Lipinski definition) is 1. The first kappa shape index (κ1) is 16.8. The van der Waals surface area contributed by atoms with E-state index >= 15 is 0 Å². The summed E-state index contributed by atoms with van der Waals surface area (Å²) >= 11 is 0. The molecule has 21 heavy (non-hydrogen) atoms.